The Kier molecular flexibility index (Phi) is 5.40. The summed E-state index contributed by atoms with van der Waals surface area (Å²) in [7, 11) is 0. The molecule has 19 heavy (non-hydrogen) atoms. The van der Waals surface area contributed by atoms with E-state index >= 15 is 0 Å². The van der Waals surface area contributed by atoms with E-state index in [0.29, 0.717) is 5.11 Å². The molecule has 1 aromatic carbocycles. The molecule has 2 rings (SSSR count). The fraction of sp³-hybridized carbons (Fsp3) is 0.250. The minimum atomic E-state index is -0.963. The second kappa shape index (κ2) is 6.81. The van der Waals surface area contributed by atoms with E-state index in [0.717, 1.165) is 5.56 Å². The van der Waals surface area contributed by atoms with E-state index in [4.69, 9.17) is 23.1 Å². The first-order chi connectivity index (χ1) is 8.91. The summed E-state index contributed by atoms with van der Waals surface area (Å²) in [5.41, 5.74) is 5.77. The minimum Gasteiger partial charge on any atom is -0.480 e. The van der Waals surface area contributed by atoms with Gasteiger partial charge in [0, 0.05) is 0 Å². The molecule has 2 atom stereocenters. The summed E-state index contributed by atoms with van der Waals surface area (Å²) >= 11 is 4.83. The number of benzene rings is 1. The zero-order chi connectivity index (χ0) is 14.4. The van der Waals surface area contributed by atoms with Gasteiger partial charge in [-0.1, -0.05) is 30.3 Å². The van der Waals surface area contributed by atoms with E-state index in [1.807, 2.05) is 30.3 Å². The Labute approximate surface area is 116 Å². The summed E-state index contributed by atoms with van der Waals surface area (Å²) in [6, 6.07) is 8.43. The lowest BCUT2D eigenvalue weighted by molar-refractivity contribution is -0.138. The zero-order valence-electron chi connectivity index (χ0n) is 10.3. The monoisotopic (exact) mass is 281 g/mol. The molecule has 1 saturated heterocycles. The molecule has 1 amide bonds. The van der Waals surface area contributed by atoms with E-state index < -0.39 is 12.0 Å². The highest BCUT2D eigenvalue weighted by molar-refractivity contribution is 7.80. The predicted molar refractivity (Wildman–Crippen MR) is 74.3 cm³/mol. The van der Waals surface area contributed by atoms with Gasteiger partial charge in [0.1, 0.15) is 12.1 Å². The van der Waals surface area contributed by atoms with Crippen LogP contribution in [0, 0.1) is 0 Å². The number of carboxylic acids is 1. The molecule has 102 valence electrons. The molecule has 0 radical (unpaired) electrons. The molecule has 0 spiro atoms. The molecule has 1 heterocycles. The second-order valence-electron chi connectivity index (χ2n) is 3.93. The number of hydrogen-bond donors (Lipinski definition) is 4. The van der Waals surface area contributed by atoms with Crippen molar-refractivity contribution in [1.29, 1.82) is 0 Å². The molecule has 1 aromatic rings. The van der Waals surface area contributed by atoms with Gasteiger partial charge in [-0.3, -0.25) is 9.59 Å². The molecular weight excluding hydrogens is 266 g/mol. The third kappa shape index (κ3) is 4.65. The van der Waals surface area contributed by atoms with E-state index in [-0.39, 0.29) is 11.9 Å². The SMILES string of the molecule is C[C@H](N)C(=O)O.O=C1NC(=S)NC1c1ccccc1. The van der Waals surface area contributed by atoms with E-state index in [2.05, 4.69) is 10.6 Å². The van der Waals surface area contributed by atoms with Gasteiger partial charge in [0.05, 0.1) is 0 Å². The maximum atomic E-state index is 11.3. The lowest BCUT2D eigenvalue weighted by atomic mass is 10.1. The van der Waals surface area contributed by atoms with Gasteiger partial charge >= 0.3 is 5.97 Å². The van der Waals surface area contributed by atoms with Crippen molar-refractivity contribution in [2.75, 3.05) is 0 Å². The third-order valence-electron chi connectivity index (χ3n) is 2.30. The van der Waals surface area contributed by atoms with Crippen molar-refractivity contribution in [1.82, 2.24) is 10.6 Å². The average molecular weight is 281 g/mol. The van der Waals surface area contributed by atoms with Crippen LogP contribution in [0.3, 0.4) is 0 Å². The van der Waals surface area contributed by atoms with Crippen LogP contribution in [0.15, 0.2) is 30.3 Å². The Morgan fingerprint density at radius 2 is 1.95 bits per heavy atom. The molecule has 7 heteroatoms. The number of amides is 1. The van der Waals surface area contributed by atoms with Crippen molar-refractivity contribution < 1.29 is 14.7 Å². The summed E-state index contributed by atoms with van der Waals surface area (Å²) in [4.78, 5) is 20.9. The van der Waals surface area contributed by atoms with Crippen LogP contribution in [-0.2, 0) is 9.59 Å². The Morgan fingerprint density at radius 1 is 1.42 bits per heavy atom. The van der Waals surface area contributed by atoms with Crippen LogP contribution >= 0.6 is 12.2 Å². The number of carbonyl (C=O) groups excluding carboxylic acids is 1. The maximum Gasteiger partial charge on any atom is 0.320 e. The largest absolute Gasteiger partial charge is 0.480 e. The number of hydrogen-bond acceptors (Lipinski definition) is 4. The van der Waals surface area contributed by atoms with E-state index in [1.165, 1.54) is 6.92 Å². The zero-order valence-corrected chi connectivity index (χ0v) is 11.1. The lowest BCUT2D eigenvalue weighted by Gasteiger charge is -2.06. The van der Waals surface area contributed by atoms with Gasteiger partial charge < -0.3 is 21.5 Å². The van der Waals surface area contributed by atoms with Gasteiger partial charge in [0.25, 0.3) is 5.91 Å². The van der Waals surface area contributed by atoms with Crippen LogP contribution in [0.4, 0.5) is 0 Å². The molecular formula is C12H15N3O3S. The van der Waals surface area contributed by atoms with Crippen LogP contribution in [0.2, 0.25) is 0 Å². The van der Waals surface area contributed by atoms with Gasteiger partial charge in [0.15, 0.2) is 5.11 Å². The highest BCUT2D eigenvalue weighted by atomic mass is 32.1. The smallest absolute Gasteiger partial charge is 0.320 e. The lowest BCUT2D eigenvalue weighted by Crippen LogP contribution is -2.25. The van der Waals surface area contributed by atoms with Crippen LogP contribution in [0.25, 0.3) is 0 Å². The number of rotatable bonds is 2. The Hall–Kier alpha value is -1.99. The van der Waals surface area contributed by atoms with Crippen LogP contribution in [-0.4, -0.2) is 28.1 Å². The molecule has 1 aliphatic rings. The van der Waals surface area contributed by atoms with Crippen LogP contribution in [0.1, 0.15) is 18.5 Å². The summed E-state index contributed by atoms with van der Waals surface area (Å²) < 4.78 is 0. The molecule has 0 bridgehead atoms. The van der Waals surface area contributed by atoms with Gasteiger partial charge in [-0.05, 0) is 24.7 Å². The van der Waals surface area contributed by atoms with Crippen LogP contribution < -0.4 is 16.4 Å². The molecule has 0 aromatic heterocycles. The van der Waals surface area contributed by atoms with Crippen molar-refractivity contribution in [2.45, 2.75) is 19.0 Å². The average Bonchev–Trinajstić information content (AvgIpc) is 2.70. The minimum absolute atomic E-state index is 0.0869. The highest BCUT2D eigenvalue weighted by Gasteiger charge is 2.27. The van der Waals surface area contributed by atoms with Crippen LogP contribution in [0.5, 0.6) is 0 Å². The van der Waals surface area contributed by atoms with Gasteiger partial charge in [0.2, 0.25) is 0 Å². The van der Waals surface area contributed by atoms with Crippen molar-refractivity contribution in [2.24, 2.45) is 5.73 Å². The normalized spacial score (nSPS) is 18.7. The Balaban J connectivity index is 0.000000258. The van der Waals surface area contributed by atoms with Gasteiger partial charge in [-0.2, -0.15) is 0 Å². The first-order valence-corrected chi connectivity index (χ1v) is 5.97. The van der Waals surface area contributed by atoms with Crippen molar-refractivity contribution >= 4 is 29.2 Å². The quantitative estimate of drug-likeness (QED) is 0.575. The van der Waals surface area contributed by atoms with Crippen molar-refractivity contribution in [3.63, 3.8) is 0 Å². The number of nitrogens with one attached hydrogen (secondary N) is 2. The fourth-order valence-corrected chi connectivity index (χ4v) is 1.52. The topological polar surface area (TPSA) is 104 Å². The summed E-state index contributed by atoms with van der Waals surface area (Å²) in [5, 5.41) is 13.7. The standard InChI is InChI=1S/C9H8N2OS.C3H7NO2/c12-8-7(10-9(13)11-8)6-4-2-1-3-5-6;1-2(4)3(5)6/h1-5,7H,(H2,10,11,12,13);2H,4H2,1H3,(H,5,6)/t;2-/m.0/s1. The predicted octanol–water partition coefficient (Wildman–Crippen LogP) is 0.150. The highest BCUT2D eigenvalue weighted by Crippen LogP contribution is 2.15. The Bertz CT molecular complexity index is 476. The number of carbonyl (C=O) groups is 2. The van der Waals surface area contributed by atoms with Crippen molar-refractivity contribution in [3.05, 3.63) is 35.9 Å². The molecule has 5 N–H and O–H groups in total. The first kappa shape index (κ1) is 15.1. The third-order valence-corrected chi connectivity index (χ3v) is 2.52. The van der Waals surface area contributed by atoms with Gasteiger partial charge in [-0.25, -0.2) is 0 Å². The summed E-state index contributed by atoms with van der Waals surface area (Å²) in [6.07, 6.45) is 0. The molecule has 0 saturated carbocycles. The molecule has 6 nitrogen and oxygen atoms in total. The maximum absolute atomic E-state index is 11.3. The number of thiocarbonyl (C=S) groups is 1. The Morgan fingerprint density at radius 3 is 2.32 bits per heavy atom. The second-order valence-corrected chi connectivity index (χ2v) is 4.34. The van der Waals surface area contributed by atoms with E-state index in [1.54, 1.807) is 0 Å². The number of carboxylic acid groups (broad SMARTS) is 1. The fourth-order valence-electron chi connectivity index (χ4n) is 1.30. The molecule has 1 fully saturated rings. The summed E-state index contributed by atoms with van der Waals surface area (Å²) in [5.74, 6) is -1.05. The molecule has 0 aliphatic carbocycles. The number of nitrogens with two attached hydrogens (primary N) is 1. The molecule has 1 unspecified atom stereocenters. The number of aliphatic carboxylic acids is 1. The van der Waals surface area contributed by atoms with Gasteiger partial charge in [-0.15, -0.1) is 0 Å². The summed E-state index contributed by atoms with van der Waals surface area (Å²) in [6.45, 7) is 1.42. The first-order valence-electron chi connectivity index (χ1n) is 5.56. The van der Waals surface area contributed by atoms with Crippen molar-refractivity contribution in [3.8, 4) is 0 Å². The van der Waals surface area contributed by atoms with E-state index in [9.17, 15) is 9.59 Å². The molecule has 1 aliphatic heterocycles.